The molecule has 0 aromatic heterocycles. The Morgan fingerprint density at radius 3 is 1.90 bits per heavy atom. The van der Waals surface area contributed by atoms with Crippen molar-refractivity contribution < 1.29 is 76.5 Å². The Kier molecular flexibility index (Phi) is 18.0. The van der Waals surface area contributed by atoms with Crippen LogP contribution in [0.2, 0.25) is 0 Å². The van der Waals surface area contributed by atoms with Gasteiger partial charge in [-0.2, -0.15) is 0 Å². The lowest BCUT2D eigenvalue weighted by Gasteiger charge is -2.53. The first-order valence-electron chi connectivity index (χ1n) is 20.7. The maximum Gasteiger partial charge on any atom is 0.407 e. The van der Waals surface area contributed by atoms with Crippen molar-refractivity contribution in [3.8, 4) is 0 Å². The minimum absolute atomic E-state index is 0.170. The molecule has 0 spiro atoms. The number of rotatable bonds is 18. The number of ether oxygens (including phenoxy) is 9. The van der Waals surface area contributed by atoms with Crippen molar-refractivity contribution in [2.24, 2.45) is 0 Å². The summed E-state index contributed by atoms with van der Waals surface area (Å²) < 4.78 is 53.9. The maximum atomic E-state index is 12.7. The van der Waals surface area contributed by atoms with Gasteiger partial charge in [0.05, 0.1) is 6.10 Å². The fraction of sp³-hybridized carbons (Fsp3) is 0.581. The Hall–Kier alpha value is -5.18. The lowest BCUT2D eigenvalue weighted by molar-refractivity contribution is -0.382. The quantitative estimate of drug-likeness (QED) is 0.0956. The number of unbranched alkanes of at least 4 members (excludes halogenated alkanes) is 3. The molecular formula is C43H57N3O16. The van der Waals surface area contributed by atoms with Gasteiger partial charge in [-0.25, -0.2) is 4.79 Å². The molecular weight excluding hydrogens is 814 g/mol. The summed E-state index contributed by atoms with van der Waals surface area (Å²) in [7, 11) is 0. The molecule has 5 rings (SSSR count). The Morgan fingerprint density at radius 1 is 0.629 bits per heavy atom. The minimum Gasteiger partial charge on any atom is -0.463 e. The van der Waals surface area contributed by atoms with Crippen LogP contribution in [0.3, 0.4) is 0 Å². The van der Waals surface area contributed by atoms with Crippen LogP contribution in [0, 0.1) is 0 Å². The molecule has 3 saturated heterocycles. The van der Waals surface area contributed by atoms with Gasteiger partial charge in [-0.1, -0.05) is 79.9 Å². The molecule has 2 aromatic rings. The van der Waals surface area contributed by atoms with Crippen LogP contribution < -0.4 is 16.0 Å². The molecule has 3 amide bonds. The van der Waals surface area contributed by atoms with Crippen LogP contribution in [0.25, 0.3) is 0 Å². The monoisotopic (exact) mass is 871 g/mol. The molecule has 0 aliphatic carbocycles. The van der Waals surface area contributed by atoms with E-state index in [1.807, 2.05) is 60.7 Å². The zero-order valence-electron chi connectivity index (χ0n) is 35.4. The van der Waals surface area contributed by atoms with Crippen molar-refractivity contribution in [2.45, 2.75) is 147 Å². The second-order valence-corrected chi connectivity index (χ2v) is 15.2. The molecule has 2 aromatic carbocycles. The van der Waals surface area contributed by atoms with Gasteiger partial charge >= 0.3 is 24.0 Å². The highest BCUT2D eigenvalue weighted by Gasteiger charge is 2.58. The number of aliphatic hydroxyl groups is 1. The number of fused-ring (bicyclic) bond motifs is 1. The van der Waals surface area contributed by atoms with Crippen LogP contribution in [-0.2, 0) is 73.2 Å². The lowest BCUT2D eigenvalue weighted by Crippen LogP contribution is -2.72. The fourth-order valence-electron chi connectivity index (χ4n) is 7.64. The molecule has 2 unspecified atom stereocenters. The first-order valence-corrected chi connectivity index (χ1v) is 20.7. The number of aliphatic hydroxyl groups excluding tert-OH is 1. The van der Waals surface area contributed by atoms with Gasteiger partial charge in [-0.3, -0.25) is 24.0 Å². The Morgan fingerprint density at radius 2 is 1.26 bits per heavy atom. The third-order valence-corrected chi connectivity index (χ3v) is 10.3. The number of carbonyl (C=O) groups excluding carboxylic acids is 6. The first-order chi connectivity index (χ1) is 29.7. The SMILES string of the molecule is CC(=O)N[C@@H]1[C@@H](O[C@@H]2O[C@H](COC(C)=O)[C@@H](OC(C)=O)[C@H](OC(C)=O)[C@H]2NC(C)=O)[C@@H]2OC(c3ccccc3)OC(CCCCCCNC(=O)OCc3ccccc3)[C@H]2O[C@H]1O. The third kappa shape index (κ3) is 13.9. The predicted octanol–water partition coefficient (Wildman–Crippen LogP) is 2.61. The average molecular weight is 872 g/mol. The largest absolute Gasteiger partial charge is 0.463 e. The normalized spacial score (nSPS) is 29.2. The molecule has 340 valence electrons. The topological polar surface area (TPSA) is 242 Å². The van der Waals surface area contributed by atoms with Crippen LogP contribution in [-0.4, -0.2) is 121 Å². The number of alkyl carbamates (subject to hydrolysis) is 1. The standard InChI is InChI=1S/C43H57N3O16/c1-24(47)45-33-37(61-42-34(46-25(2)48)38(57-28(5)51)36(56-27(4)50)32(59-42)23-54-26(3)49)39-35(60-40(33)52)31(58-41(62-39)30-18-12-9-13-19-30)20-14-6-7-15-21-44-43(53)55-22-29-16-10-8-11-17-29/h8-13,16-19,31-42,52H,6-7,14-15,20-23H2,1-5H3,(H,44,53)(H,45,47)(H,46,48)/t31?,32-,33-,34-,35-,36-,37-,38-,39-,40-,41?,42+/m1/s1. The van der Waals surface area contributed by atoms with E-state index < -0.39 is 116 Å². The van der Waals surface area contributed by atoms with Crippen molar-refractivity contribution >= 4 is 35.8 Å². The molecule has 0 bridgehead atoms. The molecule has 0 radical (unpaired) electrons. The van der Waals surface area contributed by atoms with Crippen molar-refractivity contribution in [1.29, 1.82) is 0 Å². The number of hydrogen-bond donors (Lipinski definition) is 4. The Balaban J connectivity index is 1.37. The smallest absolute Gasteiger partial charge is 0.407 e. The molecule has 19 nitrogen and oxygen atoms in total. The van der Waals surface area contributed by atoms with E-state index >= 15 is 0 Å². The molecule has 0 saturated carbocycles. The summed E-state index contributed by atoms with van der Waals surface area (Å²) >= 11 is 0. The van der Waals surface area contributed by atoms with Gasteiger partial charge in [0.15, 0.2) is 31.1 Å². The van der Waals surface area contributed by atoms with Crippen molar-refractivity contribution in [1.82, 2.24) is 16.0 Å². The summed E-state index contributed by atoms with van der Waals surface area (Å²) in [6.07, 6.45) is -9.51. The van der Waals surface area contributed by atoms with E-state index in [9.17, 15) is 33.9 Å². The highest BCUT2D eigenvalue weighted by Crippen LogP contribution is 2.41. The Labute approximate surface area is 359 Å². The number of nitrogens with one attached hydrogen (secondary N) is 3. The van der Waals surface area contributed by atoms with Crippen molar-refractivity contribution in [3.05, 3.63) is 71.8 Å². The number of amides is 3. The number of carbonyl (C=O) groups is 6. The minimum atomic E-state index is -1.67. The van der Waals surface area contributed by atoms with E-state index in [1.54, 1.807) is 0 Å². The molecule has 12 atom stereocenters. The van der Waals surface area contributed by atoms with E-state index in [-0.39, 0.29) is 6.61 Å². The number of esters is 3. The first kappa shape index (κ1) is 47.9. The van der Waals surface area contributed by atoms with Gasteiger partial charge in [0.1, 0.15) is 49.7 Å². The molecule has 3 aliphatic heterocycles. The van der Waals surface area contributed by atoms with E-state index in [2.05, 4.69) is 16.0 Å². The third-order valence-electron chi connectivity index (χ3n) is 10.3. The van der Waals surface area contributed by atoms with E-state index in [0.29, 0.717) is 31.4 Å². The molecule has 3 aliphatic rings. The molecule has 62 heavy (non-hydrogen) atoms. The van der Waals surface area contributed by atoms with Gasteiger partial charge in [-0.05, 0) is 18.4 Å². The van der Waals surface area contributed by atoms with Crippen LogP contribution in [0.15, 0.2) is 60.7 Å². The van der Waals surface area contributed by atoms with E-state index in [4.69, 9.17) is 42.6 Å². The van der Waals surface area contributed by atoms with Crippen LogP contribution >= 0.6 is 0 Å². The predicted molar refractivity (Wildman–Crippen MR) is 214 cm³/mol. The van der Waals surface area contributed by atoms with Crippen molar-refractivity contribution in [2.75, 3.05) is 13.2 Å². The molecule has 4 N–H and O–H groups in total. The highest BCUT2D eigenvalue weighted by atomic mass is 16.8. The van der Waals surface area contributed by atoms with Gasteiger partial charge in [0.25, 0.3) is 0 Å². The van der Waals surface area contributed by atoms with E-state index in [0.717, 1.165) is 39.2 Å². The Bertz CT molecular complexity index is 1800. The van der Waals surface area contributed by atoms with Gasteiger partial charge in [-0.15, -0.1) is 0 Å². The second-order valence-electron chi connectivity index (χ2n) is 15.2. The van der Waals surface area contributed by atoms with Crippen LogP contribution in [0.5, 0.6) is 0 Å². The van der Waals surface area contributed by atoms with Gasteiger partial charge < -0.3 is 63.7 Å². The summed E-state index contributed by atoms with van der Waals surface area (Å²) in [5, 5.41) is 19.7. The fourth-order valence-corrected chi connectivity index (χ4v) is 7.64. The lowest BCUT2D eigenvalue weighted by atomic mass is 9.89. The number of benzene rings is 2. The van der Waals surface area contributed by atoms with Crippen LogP contribution in [0.1, 0.15) is 84.1 Å². The van der Waals surface area contributed by atoms with Crippen LogP contribution in [0.4, 0.5) is 4.79 Å². The van der Waals surface area contributed by atoms with Gasteiger partial charge in [0.2, 0.25) is 11.8 Å². The summed E-state index contributed by atoms with van der Waals surface area (Å²) in [6, 6.07) is 15.8. The van der Waals surface area contributed by atoms with E-state index in [1.165, 1.54) is 13.8 Å². The zero-order valence-corrected chi connectivity index (χ0v) is 35.4. The number of hydrogen-bond acceptors (Lipinski definition) is 16. The summed E-state index contributed by atoms with van der Waals surface area (Å²) in [5.74, 6) is -3.42. The zero-order chi connectivity index (χ0) is 44.8. The summed E-state index contributed by atoms with van der Waals surface area (Å²) in [5.41, 5.74) is 1.55. The van der Waals surface area contributed by atoms with Crippen molar-refractivity contribution in [3.63, 3.8) is 0 Å². The maximum absolute atomic E-state index is 12.7. The summed E-state index contributed by atoms with van der Waals surface area (Å²) in [4.78, 5) is 74.3. The molecule has 3 heterocycles. The molecule has 3 fully saturated rings. The second kappa shape index (κ2) is 23.3. The average Bonchev–Trinajstić information content (AvgIpc) is 3.22. The molecule has 19 heteroatoms. The van der Waals surface area contributed by atoms with Gasteiger partial charge in [0, 0.05) is 46.7 Å². The highest BCUT2D eigenvalue weighted by molar-refractivity contribution is 5.74. The summed E-state index contributed by atoms with van der Waals surface area (Å²) in [6.45, 7) is 5.96.